The maximum Gasteiger partial charge on any atom is 0.326 e. The van der Waals surface area contributed by atoms with Gasteiger partial charge < -0.3 is 14.6 Å². The van der Waals surface area contributed by atoms with E-state index >= 15 is 0 Å². The number of likely N-dealkylation sites (tertiary alicyclic amines) is 1. The van der Waals surface area contributed by atoms with E-state index in [1.54, 1.807) is 6.33 Å². The summed E-state index contributed by atoms with van der Waals surface area (Å²) in [5.74, 6) is -1.01. The Balaban J connectivity index is 1.67. The third kappa shape index (κ3) is 2.61. The van der Waals surface area contributed by atoms with Gasteiger partial charge in [-0.3, -0.25) is 4.79 Å². The molecule has 0 saturated carbocycles. The van der Waals surface area contributed by atoms with Crippen molar-refractivity contribution < 1.29 is 14.7 Å². The van der Waals surface area contributed by atoms with Crippen LogP contribution in [-0.4, -0.2) is 44.0 Å². The van der Waals surface area contributed by atoms with Crippen molar-refractivity contribution in [1.29, 1.82) is 0 Å². The fourth-order valence-corrected chi connectivity index (χ4v) is 2.87. The first-order valence-electron chi connectivity index (χ1n) is 7.09. The number of hydrogen-bond acceptors (Lipinski definition) is 3. The molecular weight excluding hydrogens is 270 g/mol. The number of para-hydroxylation sites is 2. The number of nitrogens with zero attached hydrogens (tertiary/aromatic N) is 3. The number of rotatable bonds is 4. The molecule has 21 heavy (non-hydrogen) atoms. The van der Waals surface area contributed by atoms with Gasteiger partial charge >= 0.3 is 5.97 Å². The molecule has 0 radical (unpaired) electrons. The van der Waals surface area contributed by atoms with E-state index in [1.807, 2.05) is 28.8 Å². The maximum atomic E-state index is 12.2. The monoisotopic (exact) mass is 287 g/mol. The maximum absolute atomic E-state index is 12.2. The van der Waals surface area contributed by atoms with Gasteiger partial charge in [-0.15, -0.1) is 0 Å². The zero-order chi connectivity index (χ0) is 14.8. The lowest BCUT2D eigenvalue weighted by molar-refractivity contribution is -0.148. The number of aryl methyl sites for hydroxylation is 1. The molecule has 1 fully saturated rings. The standard InChI is InChI=1S/C15H17N3O3/c19-14(18-8-3-6-13(18)15(20)21)7-9-17-10-16-11-4-1-2-5-12(11)17/h1-2,4-5,10,13H,3,6-9H2,(H,20,21). The second-order valence-electron chi connectivity index (χ2n) is 5.26. The number of carbonyl (C=O) groups excluding carboxylic acids is 1. The third-order valence-corrected chi connectivity index (χ3v) is 3.95. The van der Waals surface area contributed by atoms with Crippen LogP contribution in [0.15, 0.2) is 30.6 Å². The molecule has 1 aliphatic heterocycles. The van der Waals surface area contributed by atoms with Crippen molar-refractivity contribution in [3.8, 4) is 0 Å². The van der Waals surface area contributed by atoms with Gasteiger partial charge in [0, 0.05) is 19.5 Å². The van der Waals surface area contributed by atoms with Crippen molar-refractivity contribution >= 4 is 22.9 Å². The fraction of sp³-hybridized carbons (Fsp3) is 0.400. The summed E-state index contributed by atoms with van der Waals surface area (Å²) in [6, 6.07) is 7.09. The van der Waals surface area contributed by atoms with Gasteiger partial charge in [-0.25, -0.2) is 9.78 Å². The minimum absolute atomic E-state index is 0.0994. The van der Waals surface area contributed by atoms with Crippen molar-refractivity contribution in [3.05, 3.63) is 30.6 Å². The quantitative estimate of drug-likeness (QED) is 0.924. The predicted molar refractivity (Wildman–Crippen MR) is 76.7 cm³/mol. The number of amides is 1. The summed E-state index contributed by atoms with van der Waals surface area (Å²) >= 11 is 0. The van der Waals surface area contributed by atoms with Crippen molar-refractivity contribution in [1.82, 2.24) is 14.5 Å². The molecule has 1 saturated heterocycles. The lowest BCUT2D eigenvalue weighted by Crippen LogP contribution is -2.40. The number of carboxylic acid groups (broad SMARTS) is 1. The third-order valence-electron chi connectivity index (χ3n) is 3.95. The molecule has 1 unspecified atom stereocenters. The number of imidazole rings is 1. The minimum atomic E-state index is -0.908. The summed E-state index contributed by atoms with van der Waals surface area (Å²) in [7, 11) is 0. The molecule has 1 aromatic heterocycles. The Hall–Kier alpha value is -2.37. The Kier molecular flexibility index (Phi) is 3.60. The first-order valence-corrected chi connectivity index (χ1v) is 7.09. The molecule has 1 amide bonds. The van der Waals surface area contributed by atoms with Crippen LogP contribution in [0.3, 0.4) is 0 Å². The van der Waals surface area contributed by atoms with Crippen LogP contribution in [0.4, 0.5) is 0 Å². The van der Waals surface area contributed by atoms with Crippen LogP contribution < -0.4 is 0 Å². The van der Waals surface area contributed by atoms with Crippen molar-refractivity contribution in [2.45, 2.75) is 31.8 Å². The average molecular weight is 287 g/mol. The Morgan fingerprint density at radius 3 is 2.95 bits per heavy atom. The molecule has 2 aromatic rings. The van der Waals surface area contributed by atoms with Gasteiger partial charge in [-0.1, -0.05) is 12.1 Å². The number of aliphatic carboxylic acids is 1. The van der Waals surface area contributed by atoms with Crippen LogP contribution in [0.2, 0.25) is 0 Å². The van der Waals surface area contributed by atoms with Crippen LogP contribution >= 0.6 is 0 Å². The van der Waals surface area contributed by atoms with Crippen LogP contribution in [-0.2, 0) is 16.1 Å². The largest absolute Gasteiger partial charge is 0.480 e. The van der Waals surface area contributed by atoms with E-state index in [2.05, 4.69) is 4.98 Å². The number of benzene rings is 1. The van der Waals surface area contributed by atoms with Gasteiger partial charge in [-0.2, -0.15) is 0 Å². The molecule has 2 heterocycles. The average Bonchev–Trinajstić information content (AvgIpc) is 3.12. The molecule has 110 valence electrons. The smallest absolute Gasteiger partial charge is 0.326 e. The molecule has 0 bridgehead atoms. The van der Waals surface area contributed by atoms with Crippen molar-refractivity contribution in [2.75, 3.05) is 6.54 Å². The van der Waals surface area contributed by atoms with E-state index in [0.717, 1.165) is 17.5 Å². The topological polar surface area (TPSA) is 75.4 Å². The summed E-state index contributed by atoms with van der Waals surface area (Å²) in [4.78, 5) is 29.1. The van der Waals surface area contributed by atoms with Crippen molar-refractivity contribution in [3.63, 3.8) is 0 Å². The second kappa shape index (κ2) is 5.55. The number of aromatic nitrogens is 2. The molecule has 6 nitrogen and oxygen atoms in total. The molecule has 0 spiro atoms. The zero-order valence-electron chi connectivity index (χ0n) is 11.6. The lowest BCUT2D eigenvalue weighted by Gasteiger charge is -2.21. The van der Waals surface area contributed by atoms with E-state index in [9.17, 15) is 9.59 Å². The number of carboxylic acids is 1. The van der Waals surface area contributed by atoms with Gasteiger partial charge in [0.15, 0.2) is 0 Å². The molecule has 1 N–H and O–H groups in total. The predicted octanol–water partition coefficient (Wildman–Crippen LogP) is 1.50. The van der Waals surface area contributed by atoms with E-state index in [1.165, 1.54) is 4.90 Å². The van der Waals surface area contributed by atoms with Crippen molar-refractivity contribution in [2.24, 2.45) is 0 Å². The summed E-state index contributed by atoms with van der Waals surface area (Å²) in [5.41, 5.74) is 1.89. The zero-order valence-corrected chi connectivity index (χ0v) is 11.6. The summed E-state index contributed by atoms with van der Waals surface area (Å²) in [6.45, 7) is 1.06. The highest BCUT2D eigenvalue weighted by Crippen LogP contribution is 2.19. The highest BCUT2D eigenvalue weighted by molar-refractivity contribution is 5.84. The first-order chi connectivity index (χ1) is 10.2. The Morgan fingerprint density at radius 1 is 1.33 bits per heavy atom. The minimum Gasteiger partial charge on any atom is -0.480 e. The van der Waals surface area contributed by atoms with Gasteiger partial charge in [0.2, 0.25) is 5.91 Å². The lowest BCUT2D eigenvalue weighted by atomic mass is 10.2. The molecular formula is C15H17N3O3. The van der Waals surface area contributed by atoms with Crippen LogP contribution in [0.1, 0.15) is 19.3 Å². The van der Waals surface area contributed by atoms with Gasteiger partial charge in [-0.05, 0) is 25.0 Å². The van der Waals surface area contributed by atoms with E-state index < -0.39 is 12.0 Å². The molecule has 1 atom stereocenters. The number of hydrogen-bond donors (Lipinski definition) is 1. The molecule has 1 aromatic carbocycles. The van der Waals surface area contributed by atoms with Crippen LogP contribution in [0.25, 0.3) is 11.0 Å². The highest BCUT2D eigenvalue weighted by Gasteiger charge is 2.33. The van der Waals surface area contributed by atoms with Gasteiger partial charge in [0.1, 0.15) is 6.04 Å². The normalized spacial score (nSPS) is 18.3. The summed E-state index contributed by atoms with van der Waals surface area (Å²) < 4.78 is 1.93. The number of fused-ring (bicyclic) bond motifs is 1. The molecule has 1 aliphatic rings. The van der Waals surface area contributed by atoms with E-state index in [0.29, 0.717) is 25.9 Å². The second-order valence-corrected chi connectivity index (χ2v) is 5.26. The van der Waals surface area contributed by atoms with E-state index in [4.69, 9.17) is 5.11 Å². The SMILES string of the molecule is O=C(O)C1CCCN1C(=O)CCn1cnc2ccccc21. The Bertz CT molecular complexity index is 680. The molecule has 3 rings (SSSR count). The fourth-order valence-electron chi connectivity index (χ4n) is 2.87. The Labute approximate surface area is 122 Å². The van der Waals surface area contributed by atoms with Gasteiger partial charge in [0.25, 0.3) is 0 Å². The highest BCUT2D eigenvalue weighted by atomic mass is 16.4. The van der Waals surface area contributed by atoms with E-state index in [-0.39, 0.29) is 5.91 Å². The molecule has 0 aliphatic carbocycles. The summed E-state index contributed by atoms with van der Waals surface area (Å²) in [6.07, 6.45) is 3.33. The molecule has 6 heteroatoms. The summed E-state index contributed by atoms with van der Waals surface area (Å²) in [5, 5.41) is 9.12. The first kappa shape index (κ1) is 13.6. The van der Waals surface area contributed by atoms with Crippen LogP contribution in [0.5, 0.6) is 0 Å². The van der Waals surface area contributed by atoms with Gasteiger partial charge in [0.05, 0.1) is 17.4 Å². The number of carbonyl (C=O) groups is 2. The van der Waals surface area contributed by atoms with Crippen LogP contribution in [0, 0.1) is 0 Å². The Morgan fingerprint density at radius 2 is 2.14 bits per heavy atom.